The zero-order valence-electron chi connectivity index (χ0n) is 36.1. The second kappa shape index (κ2) is 23.3. The molecule has 0 aromatic carbocycles. The van der Waals surface area contributed by atoms with Crippen LogP contribution in [0.5, 0.6) is 0 Å². The summed E-state index contributed by atoms with van der Waals surface area (Å²) in [6.45, 7) is 15.0. The first-order chi connectivity index (χ1) is 25.2. The van der Waals surface area contributed by atoms with Crippen LogP contribution in [0.2, 0.25) is 0 Å². The lowest BCUT2D eigenvalue weighted by Gasteiger charge is -2.58. The van der Waals surface area contributed by atoms with Gasteiger partial charge < -0.3 is 4.74 Å². The van der Waals surface area contributed by atoms with Crippen LogP contribution in [0, 0.1) is 46.3 Å². The van der Waals surface area contributed by atoms with Gasteiger partial charge in [-0.1, -0.05) is 194 Å². The lowest BCUT2D eigenvalue weighted by Crippen LogP contribution is -2.51. The quantitative estimate of drug-likeness (QED) is 0.0479. The van der Waals surface area contributed by atoms with Gasteiger partial charge in [-0.2, -0.15) is 0 Å². The number of esters is 1. The summed E-state index contributed by atoms with van der Waals surface area (Å²) in [5.41, 5.74) is 2.54. The Balaban J connectivity index is 1.02. The van der Waals surface area contributed by atoms with Crippen LogP contribution in [-0.2, 0) is 9.53 Å². The lowest BCUT2D eigenvalue weighted by molar-refractivity contribution is -0.151. The molecule has 302 valence electrons. The van der Waals surface area contributed by atoms with E-state index in [9.17, 15) is 4.79 Å². The molecule has 3 saturated carbocycles. The summed E-state index contributed by atoms with van der Waals surface area (Å²) in [7, 11) is 0. The minimum absolute atomic E-state index is 0.0678. The van der Waals surface area contributed by atoms with Crippen molar-refractivity contribution in [2.75, 3.05) is 0 Å². The fraction of sp³-hybridized carbons (Fsp3) is 0.940. The maximum Gasteiger partial charge on any atom is 0.306 e. The second-order valence-electron chi connectivity index (χ2n) is 20.1. The highest BCUT2D eigenvalue weighted by molar-refractivity contribution is 5.69. The molecule has 0 spiro atoms. The number of fused-ring (bicyclic) bond motifs is 5. The maximum absolute atomic E-state index is 12.9. The number of ether oxygens (including phenoxy) is 1. The van der Waals surface area contributed by atoms with E-state index >= 15 is 0 Å². The standard InChI is InChI=1S/C50H90O2/c1-7-8-9-10-11-12-13-14-15-16-17-18-19-20-21-22-23-24-25-26-30-48(51)52-43-35-37-49(5)42(39-43)31-32-44-46-34-33-45(41(4)29-27-28-40(2)3)50(46,6)38-36-47(44)49/h31,40-41,43-47H,7-30,32-39H2,1-6H3. The Kier molecular flexibility index (Phi) is 19.7. The molecule has 8 unspecified atom stereocenters. The average Bonchev–Trinajstić information content (AvgIpc) is 3.48. The van der Waals surface area contributed by atoms with Crippen molar-refractivity contribution in [3.05, 3.63) is 11.6 Å². The van der Waals surface area contributed by atoms with E-state index in [1.165, 1.54) is 180 Å². The number of carbonyl (C=O) groups is 1. The summed E-state index contributed by atoms with van der Waals surface area (Å²) in [6.07, 6.45) is 45.8. The Bertz CT molecular complexity index is 1010. The van der Waals surface area contributed by atoms with Crippen molar-refractivity contribution in [3.8, 4) is 0 Å². The largest absolute Gasteiger partial charge is 0.462 e. The number of hydrogen-bond acceptors (Lipinski definition) is 2. The van der Waals surface area contributed by atoms with E-state index in [0.717, 1.165) is 54.8 Å². The van der Waals surface area contributed by atoms with Crippen LogP contribution in [0.4, 0.5) is 0 Å². The number of rotatable bonds is 27. The van der Waals surface area contributed by atoms with Crippen LogP contribution in [0.25, 0.3) is 0 Å². The third-order valence-corrected chi connectivity index (χ3v) is 15.8. The first kappa shape index (κ1) is 43.9. The van der Waals surface area contributed by atoms with Crippen molar-refractivity contribution in [2.45, 2.75) is 253 Å². The molecule has 0 aliphatic heterocycles. The van der Waals surface area contributed by atoms with Crippen LogP contribution in [0.3, 0.4) is 0 Å². The Morgan fingerprint density at radius 3 is 1.79 bits per heavy atom. The monoisotopic (exact) mass is 723 g/mol. The molecule has 0 bridgehead atoms. The zero-order chi connectivity index (χ0) is 37.2. The molecule has 4 aliphatic carbocycles. The lowest BCUT2D eigenvalue weighted by atomic mass is 9.47. The van der Waals surface area contributed by atoms with E-state index in [2.05, 4.69) is 47.6 Å². The van der Waals surface area contributed by atoms with Gasteiger partial charge in [-0.3, -0.25) is 4.79 Å². The van der Waals surface area contributed by atoms with E-state index in [4.69, 9.17) is 4.74 Å². The van der Waals surface area contributed by atoms with E-state index in [1.807, 2.05) is 0 Å². The fourth-order valence-corrected chi connectivity index (χ4v) is 12.5. The van der Waals surface area contributed by atoms with E-state index in [0.29, 0.717) is 17.3 Å². The SMILES string of the molecule is CCCCCCCCCCCCCCCCCCCCCCC(=O)OC1CCC2(C)C(=CCC3C2CCC2(C)C(C(C)CCCC(C)C)CCC32)C1. The normalized spacial score (nSPS) is 30.4. The van der Waals surface area contributed by atoms with Crippen molar-refractivity contribution in [1.29, 1.82) is 0 Å². The van der Waals surface area contributed by atoms with Gasteiger partial charge >= 0.3 is 5.97 Å². The van der Waals surface area contributed by atoms with Crippen molar-refractivity contribution in [3.63, 3.8) is 0 Å². The first-order valence-electron chi connectivity index (χ1n) is 24.1. The van der Waals surface area contributed by atoms with Crippen molar-refractivity contribution < 1.29 is 9.53 Å². The molecule has 0 radical (unpaired) electrons. The molecule has 3 fully saturated rings. The first-order valence-corrected chi connectivity index (χ1v) is 24.1. The summed E-state index contributed by atoms with van der Waals surface area (Å²) in [5.74, 6) is 5.34. The smallest absolute Gasteiger partial charge is 0.306 e. The average molecular weight is 723 g/mol. The number of carbonyl (C=O) groups excluding carboxylic acids is 1. The van der Waals surface area contributed by atoms with E-state index in [1.54, 1.807) is 5.57 Å². The van der Waals surface area contributed by atoms with Gasteiger partial charge in [0, 0.05) is 12.8 Å². The van der Waals surface area contributed by atoms with Crippen LogP contribution < -0.4 is 0 Å². The number of unbranched alkanes of at least 4 members (excludes halogenated alkanes) is 19. The highest BCUT2D eigenvalue weighted by atomic mass is 16.5. The predicted molar refractivity (Wildman–Crippen MR) is 226 cm³/mol. The van der Waals surface area contributed by atoms with Gasteiger partial charge in [-0.05, 0) is 97.7 Å². The molecule has 0 saturated heterocycles. The fourth-order valence-electron chi connectivity index (χ4n) is 12.5. The van der Waals surface area contributed by atoms with Gasteiger partial charge in [-0.25, -0.2) is 0 Å². The van der Waals surface area contributed by atoms with Crippen molar-refractivity contribution >= 4 is 5.97 Å². The van der Waals surface area contributed by atoms with Crippen molar-refractivity contribution in [2.24, 2.45) is 46.3 Å². The molecule has 2 heteroatoms. The van der Waals surface area contributed by atoms with E-state index in [-0.39, 0.29) is 12.1 Å². The summed E-state index contributed by atoms with van der Waals surface area (Å²) in [4.78, 5) is 12.9. The summed E-state index contributed by atoms with van der Waals surface area (Å²) < 4.78 is 6.15. The maximum atomic E-state index is 12.9. The summed E-state index contributed by atoms with van der Waals surface area (Å²) in [5, 5.41) is 0. The molecule has 52 heavy (non-hydrogen) atoms. The Morgan fingerprint density at radius 1 is 0.673 bits per heavy atom. The van der Waals surface area contributed by atoms with Gasteiger partial charge in [0.15, 0.2) is 0 Å². The molecular formula is C50H90O2. The molecular weight excluding hydrogens is 633 g/mol. The molecule has 0 aromatic heterocycles. The van der Waals surface area contributed by atoms with Gasteiger partial charge in [-0.15, -0.1) is 0 Å². The van der Waals surface area contributed by atoms with Gasteiger partial charge in [0.1, 0.15) is 6.10 Å². The zero-order valence-corrected chi connectivity index (χ0v) is 36.1. The molecule has 0 amide bonds. The molecule has 8 atom stereocenters. The van der Waals surface area contributed by atoms with Crippen LogP contribution >= 0.6 is 0 Å². The minimum Gasteiger partial charge on any atom is -0.462 e. The topological polar surface area (TPSA) is 26.3 Å². The second-order valence-corrected chi connectivity index (χ2v) is 20.1. The molecule has 0 N–H and O–H groups in total. The highest BCUT2D eigenvalue weighted by Crippen LogP contribution is 2.67. The Morgan fingerprint density at radius 2 is 1.23 bits per heavy atom. The van der Waals surface area contributed by atoms with Gasteiger partial charge in [0.25, 0.3) is 0 Å². The van der Waals surface area contributed by atoms with Gasteiger partial charge in [0.05, 0.1) is 0 Å². The molecule has 0 aromatic rings. The number of allylic oxidation sites excluding steroid dienone is 1. The Labute approximate surface area is 325 Å². The van der Waals surface area contributed by atoms with Crippen LogP contribution in [0.1, 0.15) is 247 Å². The van der Waals surface area contributed by atoms with Crippen molar-refractivity contribution in [1.82, 2.24) is 0 Å². The molecule has 4 aliphatic rings. The summed E-state index contributed by atoms with van der Waals surface area (Å²) >= 11 is 0. The van der Waals surface area contributed by atoms with Crippen LogP contribution in [0.15, 0.2) is 11.6 Å². The third-order valence-electron chi connectivity index (χ3n) is 15.8. The van der Waals surface area contributed by atoms with Gasteiger partial charge in [0.2, 0.25) is 0 Å². The number of hydrogen-bond donors (Lipinski definition) is 0. The Hall–Kier alpha value is -0.790. The molecule has 4 rings (SSSR count). The summed E-state index contributed by atoms with van der Waals surface area (Å²) in [6, 6.07) is 0. The van der Waals surface area contributed by atoms with Crippen LogP contribution in [-0.4, -0.2) is 12.1 Å². The minimum atomic E-state index is 0.0678. The highest BCUT2D eigenvalue weighted by Gasteiger charge is 2.59. The molecule has 0 heterocycles. The molecule has 2 nitrogen and oxygen atoms in total. The third kappa shape index (κ3) is 13.2. The van der Waals surface area contributed by atoms with E-state index < -0.39 is 0 Å². The predicted octanol–water partition coefficient (Wildman–Crippen LogP) is 16.2.